The zero-order valence-corrected chi connectivity index (χ0v) is 16.8. The monoisotopic (exact) mass is 411 g/mol. The highest BCUT2D eigenvalue weighted by Crippen LogP contribution is 2.42. The maximum atomic E-state index is 6.32. The fourth-order valence-electron chi connectivity index (χ4n) is 3.72. The highest BCUT2D eigenvalue weighted by molar-refractivity contribution is 8.01. The van der Waals surface area contributed by atoms with Crippen molar-refractivity contribution >= 4 is 46.6 Å². The third-order valence-electron chi connectivity index (χ3n) is 5.21. The van der Waals surface area contributed by atoms with Gasteiger partial charge in [0, 0.05) is 16.7 Å². The van der Waals surface area contributed by atoms with E-state index in [2.05, 4.69) is 11.1 Å². The van der Waals surface area contributed by atoms with Gasteiger partial charge in [-0.15, -0.1) is 11.8 Å². The van der Waals surface area contributed by atoms with Crippen molar-refractivity contribution in [3.8, 4) is 5.75 Å². The van der Waals surface area contributed by atoms with Gasteiger partial charge in [0.25, 0.3) is 0 Å². The van der Waals surface area contributed by atoms with Crippen LogP contribution in [0.5, 0.6) is 5.75 Å². The first-order valence-corrected chi connectivity index (χ1v) is 10.7. The van der Waals surface area contributed by atoms with Crippen LogP contribution in [0.4, 0.5) is 17.1 Å². The minimum Gasteiger partial charge on any atom is -0.481 e. The minimum absolute atomic E-state index is 0.124. The average molecular weight is 411 g/mol. The zero-order chi connectivity index (χ0) is 19.9. The molecule has 0 aromatic heterocycles. The van der Waals surface area contributed by atoms with Gasteiger partial charge in [0.2, 0.25) is 5.90 Å². The summed E-state index contributed by atoms with van der Waals surface area (Å²) < 4.78 is 12.4. The van der Waals surface area contributed by atoms with Crippen LogP contribution in [-0.2, 0) is 11.3 Å². The Morgan fingerprint density at radius 1 is 0.800 bits per heavy atom. The van der Waals surface area contributed by atoms with Crippen molar-refractivity contribution < 1.29 is 9.47 Å². The first-order chi connectivity index (χ1) is 14.8. The Balaban J connectivity index is 1.43. The van der Waals surface area contributed by atoms with E-state index in [-0.39, 0.29) is 11.4 Å². The molecule has 0 aliphatic carbocycles. The Kier molecular flexibility index (Phi) is 4.16. The van der Waals surface area contributed by atoms with Gasteiger partial charge in [-0.2, -0.15) is 0 Å². The van der Waals surface area contributed by atoms with Crippen molar-refractivity contribution in [2.45, 2.75) is 22.9 Å². The van der Waals surface area contributed by atoms with Crippen LogP contribution < -0.4 is 4.74 Å². The summed E-state index contributed by atoms with van der Waals surface area (Å²) in [5.74, 6) is 1.33. The smallest absolute Gasteiger partial charge is 0.237 e. The van der Waals surface area contributed by atoms with Crippen molar-refractivity contribution in [2.75, 3.05) is 0 Å². The maximum Gasteiger partial charge on any atom is 0.237 e. The lowest BCUT2D eigenvalue weighted by Crippen LogP contribution is -2.43. The first-order valence-electron chi connectivity index (χ1n) is 9.79. The molecule has 3 aliphatic rings. The quantitative estimate of drug-likeness (QED) is 0.547. The molecule has 6 heteroatoms. The Morgan fingerprint density at radius 2 is 1.57 bits per heavy atom. The fourth-order valence-corrected chi connectivity index (χ4v) is 4.91. The van der Waals surface area contributed by atoms with E-state index < -0.39 is 0 Å². The summed E-state index contributed by atoms with van der Waals surface area (Å²) in [6, 6.07) is 24.0. The molecular formula is C24H17N3O2S. The summed E-state index contributed by atoms with van der Waals surface area (Å²) in [5.41, 5.74) is 4.55. The number of fused-ring (bicyclic) bond motifs is 3. The standard InChI is InChI=1S/C24H17N3O2S/c1-2-8-16-15(7-1)14-28-24(27-16)22-23(30-21-12-6-4-10-18(21)26-22)20-13-25-17-9-3-5-11-19(17)29-20/h1-13,20,23H,14H2. The van der Waals surface area contributed by atoms with Gasteiger partial charge in [0.05, 0.1) is 16.6 Å². The molecule has 0 amide bonds. The molecule has 0 saturated heterocycles. The van der Waals surface area contributed by atoms with Crippen LogP contribution >= 0.6 is 11.8 Å². The molecule has 0 N–H and O–H groups in total. The summed E-state index contributed by atoms with van der Waals surface area (Å²) >= 11 is 1.71. The summed E-state index contributed by atoms with van der Waals surface area (Å²) in [7, 11) is 0. The SMILES string of the molecule is C1=Nc2ccccc2OC1C1Sc2ccccc2N=C1C1=Nc2ccccc2CO1. The number of benzene rings is 3. The van der Waals surface area contributed by atoms with Gasteiger partial charge in [-0.05, 0) is 30.3 Å². The van der Waals surface area contributed by atoms with Gasteiger partial charge in [0.15, 0.2) is 6.10 Å². The molecule has 0 saturated carbocycles. The molecule has 2 unspecified atom stereocenters. The second-order valence-corrected chi connectivity index (χ2v) is 8.35. The highest BCUT2D eigenvalue weighted by Gasteiger charge is 2.37. The molecule has 0 spiro atoms. The third-order valence-corrected chi connectivity index (χ3v) is 6.56. The Morgan fingerprint density at radius 3 is 2.50 bits per heavy atom. The van der Waals surface area contributed by atoms with E-state index in [1.165, 1.54) is 0 Å². The normalized spacial score (nSPS) is 21.2. The predicted octanol–water partition coefficient (Wildman–Crippen LogP) is 5.66. The van der Waals surface area contributed by atoms with Crippen molar-refractivity contribution in [2.24, 2.45) is 15.0 Å². The van der Waals surface area contributed by atoms with E-state index in [0.717, 1.165) is 39.0 Å². The van der Waals surface area contributed by atoms with E-state index in [1.54, 1.807) is 11.8 Å². The number of rotatable bonds is 2. The third kappa shape index (κ3) is 3.00. The molecule has 30 heavy (non-hydrogen) atoms. The van der Waals surface area contributed by atoms with Crippen molar-refractivity contribution in [3.63, 3.8) is 0 Å². The van der Waals surface area contributed by atoms with Crippen LogP contribution in [0.2, 0.25) is 0 Å². The molecule has 0 radical (unpaired) electrons. The lowest BCUT2D eigenvalue weighted by Gasteiger charge is -2.32. The molecule has 3 aromatic carbocycles. The summed E-state index contributed by atoms with van der Waals surface area (Å²) in [4.78, 5) is 15.5. The number of aliphatic imine (C=N–C) groups is 3. The minimum atomic E-state index is -0.277. The van der Waals surface area contributed by atoms with Crippen LogP contribution in [0, 0.1) is 0 Å². The summed E-state index contributed by atoms with van der Waals surface area (Å²) in [5, 5.41) is -0.124. The van der Waals surface area contributed by atoms with Crippen LogP contribution in [0.25, 0.3) is 0 Å². The first kappa shape index (κ1) is 17.5. The Labute approximate surface area is 178 Å². The predicted molar refractivity (Wildman–Crippen MR) is 121 cm³/mol. The van der Waals surface area contributed by atoms with Gasteiger partial charge in [-0.3, -0.25) is 4.99 Å². The van der Waals surface area contributed by atoms with E-state index >= 15 is 0 Å². The molecule has 0 fully saturated rings. The largest absolute Gasteiger partial charge is 0.481 e. The number of nitrogens with zero attached hydrogens (tertiary/aromatic N) is 3. The van der Waals surface area contributed by atoms with Crippen LogP contribution in [0.1, 0.15) is 5.56 Å². The molecule has 5 nitrogen and oxygen atoms in total. The molecular weight excluding hydrogens is 394 g/mol. The van der Waals surface area contributed by atoms with Gasteiger partial charge < -0.3 is 9.47 Å². The van der Waals surface area contributed by atoms with Gasteiger partial charge in [-0.25, -0.2) is 9.98 Å². The van der Waals surface area contributed by atoms with Crippen LogP contribution in [0.3, 0.4) is 0 Å². The van der Waals surface area contributed by atoms with E-state index in [4.69, 9.17) is 19.5 Å². The molecule has 3 aliphatic heterocycles. The summed E-state index contributed by atoms with van der Waals surface area (Å²) in [6.07, 6.45) is 1.58. The summed E-state index contributed by atoms with van der Waals surface area (Å²) in [6.45, 7) is 0.482. The molecule has 6 rings (SSSR count). The number of hydrogen-bond donors (Lipinski definition) is 0. The van der Waals surface area contributed by atoms with Gasteiger partial charge in [0.1, 0.15) is 23.8 Å². The second kappa shape index (κ2) is 7.15. The molecule has 3 aromatic rings. The Hall–Kier alpha value is -3.38. The van der Waals surface area contributed by atoms with Crippen molar-refractivity contribution in [3.05, 3.63) is 78.4 Å². The molecule has 2 atom stereocenters. The number of ether oxygens (including phenoxy) is 2. The van der Waals surface area contributed by atoms with E-state index in [9.17, 15) is 0 Å². The average Bonchev–Trinajstić information content (AvgIpc) is 2.82. The van der Waals surface area contributed by atoms with Gasteiger partial charge >= 0.3 is 0 Å². The zero-order valence-electron chi connectivity index (χ0n) is 15.9. The number of thioether (sulfide) groups is 1. The molecule has 0 bridgehead atoms. The second-order valence-electron chi connectivity index (χ2n) is 7.17. The van der Waals surface area contributed by atoms with E-state index in [0.29, 0.717) is 12.5 Å². The van der Waals surface area contributed by atoms with Gasteiger partial charge in [-0.1, -0.05) is 42.5 Å². The topological polar surface area (TPSA) is 55.5 Å². The maximum absolute atomic E-state index is 6.32. The Bertz CT molecular complexity index is 1230. The highest BCUT2D eigenvalue weighted by atomic mass is 32.2. The van der Waals surface area contributed by atoms with Crippen molar-refractivity contribution in [1.29, 1.82) is 0 Å². The molecule has 146 valence electrons. The number of hydrogen-bond acceptors (Lipinski definition) is 6. The number of para-hydroxylation sites is 4. The van der Waals surface area contributed by atoms with Crippen molar-refractivity contribution in [1.82, 2.24) is 0 Å². The fraction of sp³-hybridized carbons (Fsp3) is 0.125. The van der Waals surface area contributed by atoms with Crippen LogP contribution in [0.15, 0.2) is 92.7 Å². The van der Waals surface area contributed by atoms with Crippen LogP contribution in [-0.4, -0.2) is 29.2 Å². The lowest BCUT2D eigenvalue weighted by atomic mass is 10.1. The lowest BCUT2D eigenvalue weighted by molar-refractivity contribution is 0.275. The van der Waals surface area contributed by atoms with E-state index in [1.807, 2.05) is 72.9 Å². The molecule has 3 heterocycles.